The molecular formula is C9H13NO2S. The lowest BCUT2D eigenvalue weighted by molar-refractivity contribution is -0.121. The number of ether oxygens (including phenoxy) is 1. The number of hydrogen-bond acceptors (Lipinski definition) is 4. The average molecular weight is 199 g/mol. The first-order valence-corrected chi connectivity index (χ1v) is 5.04. The zero-order chi connectivity index (χ0) is 9.68. The molecule has 72 valence electrons. The predicted octanol–water partition coefficient (Wildman–Crippen LogP) is 1.60. The van der Waals surface area contributed by atoms with E-state index in [0.717, 1.165) is 12.1 Å². The summed E-state index contributed by atoms with van der Waals surface area (Å²) in [5.41, 5.74) is 2.90. The van der Waals surface area contributed by atoms with Crippen LogP contribution in [0.3, 0.4) is 0 Å². The molecule has 0 aliphatic heterocycles. The monoisotopic (exact) mass is 199 g/mol. The first-order valence-electron chi connectivity index (χ1n) is 4.16. The number of carbonyl (C=O) groups excluding carboxylic acids is 1. The zero-order valence-electron chi connectivity index (χ0n) is 7.87. The van der Waals surface area contributed by atoms with Crippen molar-refractivity contribution < 1.29 is 9.53 Å². The normalized spacial score (nSPS) is 10.3. The van der Waals surface area contributed by atoms with Crippen molar-refractivity contribution in [3.8, 4) is 0 Å². The number of rotatable bonds is 5. The second-order valence-electron chi connectivity index (χ2n) is 2.87. The minimum atomic E-state index is 0.0704. The number of nitrogens with zero attached hydrogens (tertiary/aromatic N) is 1. The third-order valence-corrected chi connectivity index (χ3v) is 2.62. The standard InChI is InChI=1S/C9H13NO2S/c1-7(11)5-12-4-3-9-8(2)10-6-13-9/h6H,3-5H2,1-2H3. The van der Waals surface area contributed by atoms with Crippen molar-refractivity contribution in [2.45, 2.75) is 20.3 Å². The molecule has 0 radical (unpaired) electrons. The van der Waals surface area contributed by atoms with Gasteiger partial charge in [0.05, 0.1) is 17.8 Å². The van der Waals surface area contributed by atoms with Crippen molar-refractivity contribution in [1.29, 1.82) is 0 Å². The third kappa shape index (κ3) is 3.65. The first-order chi connectivity index (χ1) is 6.20. The van der Waals surface area contributed by atoms with Crippen molar-refractivity contribution in [2.24, 2.45) is 0 Å². The van der Waals surface area contributed by atoms with Gasteiger partial charge in [0.15, 0.2) is 5.78 Å². The SMILES string of the molecule is CC(=O)COCCc1scnc1C. The van der Waals surface area contributed by atoms with Gasteiger partial charge in [0.25, 0.3) is 0 Å². The van der Waals surface area contributed by atoms with Gasteiger partial charge in [-0.2, -0.15) is 0 Å². The number of hydrogen-bond donors (Lipinski definition) is 0. The summed E-state index contributed by atoms with van der Waals surface area (Å²) in [6, 6.07) is 0. The van der Waals surface area contributed by atoms with Crippen LogP contribution in [-0.2, 0) is 16.0 Å². The number of thiazole rings is 1. The van der Waals surface area contributed by atoms with Crippen LogP contribution in [0.5, 0.6) is 0 Å². The number of aryl methyl sites for hydroxylation is 1. The van der Waals surface area contributed by atoms with Crippen LogP contribution in [0.25, 0.3) is 0 Å². The van der Waals surface area contributed by atoms with Gasteiger partial charge in [-0.25, -0.2) is 4.98 Å². The topological polar surface area (TPSA) is 39.2 Å². The van der Waals surface area contributed by atoms with Crippen LogP contribution in [0.4, 0.5) is 0 Å². The van der Waals surface area contributed by atoms with Crippen molar-refractivity contribution in [1.82, 2.24) is 4.98 Å². The summed E-state index contributed by atoms with van der Waals surface area (Å²) in [4.78, 5) is 15.9. The van der Waals surface area contributed by atoms with Gasteiger partial charge in [0, 0.05) is 11.3 Å². The Morgan fingerprint density at radius 3 is 3.00 bits per heavy atom. The molecule has 0 atom stereocenters. The van der Waals surface area contributed by atoms with E-state index in [1.54, 1.807) is 11.3 Å². The molecule has 0 amide bonds. The van der Waals surface area contributed by atoms with Crippen LogP contribution in [0.2, 0.25) is 0 Å². The Bertz CT molecular complexity index is 283. The lowest BCUT2D eigenvalue weighted by Crippen LogP contribution is -2.06. The highest BCUT2D eigenvalue weighted by Gasteiger charge is 2.01. The molecule has 4 heteroatoms. The number of aromatic nitrogens is 1. The average Bonchev–Trinajstić information content (AvgIpc) is 2.45. The molecule has 0 spiro atoms. The fourth-order valence-corrected chi connectivity index (χ4v) is 1.71. The highest BCUT2D eigenvalue weighted by Crippen LogP contribution is 2.12. The van der Waals surface area contributed by atoms with Crippen molar-refractivity contribution in [3.63, 3.8) is 0 Å². The van der Waals surface area contributed by atoms with E-state index >= 15 is 0 Å². The Balaban J connectivity index is 2.20. The molecule has 3 nitrogen and oxygen atoms in total. The largest absolute Gasteiger partial charge is 0.373 e. The minimum absolute atomic E-state index is 0.0704. The van der Waals surface area contributed by atoms with E-state index in [0.29, 0.717) is 6.61 Å². The van der Waals surface area contributed by atoms with E-state index in [4.69, 9.17) is 4.74 Å². The second-order valence-corrected chi connectivity index (χ2v) is 3.80. The summed E-state index contributed by atoms with van der Waals surface area (Å²) in [5, 5.41) is 0. The van der Waals surface area contributed by atoms with Gasteiger partial charge in [-0.15, -0.1) is 11.3 Å². The summed E-state index contributed by atoms with van der Waals surface area (Å²) in [6.07, 6.45) is 0.851. The highest BCUT2D eigenvalue weighted by molar-refractivity contribution is 7.09. The molecule has 13 heavy (non-hydrogen) atoms. The van der Waals surface area contributed by atoms with Crippen LogP contribution >= 0.6 is 11.3 Å². The molecule has 0 fully saturated rings. The molecule has 1 aromatic rings. The predicted molar refractivity (Wildman–Crippen MR) is 52.1 cm³/mol. The fraction of sp³-hybridized carbons (Fsp3) is 0.556. The van der Waals surface area contributed by atoms with E-state index in [1.807, 2.05) is 12.4 Å². The smallest absolute Gasteiger partial charge is 0.155 e. The maximum absolute atomic E-state index is 10.5. The van der Waals surface area contributed by atoms with Crippen LogP contribution in [0, 0.1) is 6.92 Å². The van der Waals surface area contributed by atoms with Crippen LogP contribution < -0.4 is 0 Å². The van der Waals surface area contributed by atoms with E-state index < -0.39 is 0 Å². The van der Waals surface area contributed by atoms with Gasteiger partial charge < -0.3 is 4.74 Å². The molecule has 0 aliphatic rings. The molecular weight excluding hydrogens is 186 g/mol. The Kier molecular flexibility index (Phi) is 4.05. The summed E-state index contributed by atoms with van der Waals surface area (Å²) in [6.45, 7) is 4.33. The molecule has 1 rings (SSSR count). The maximum Gasteiger partial charge on any atom is 0.155 e. The van der Waals surface area contributed by atoms with Gasteiger partial charge in [-0.1, -0.05) is 0 Å². The zero-order valence-corrected chi connectivity index (χ0v) is 8.69. The van der Waals surface area contributed by atoms with Gasteiger partial charge >= 0.3 is 0 Å². The lowest BCUT2D eigenvalue weighted by atomic mass is 10.3. The van der Waals surface area contributed by atoms with Gasteiger partial charge in [-0.05, 0) is 13.8 Å². The summed E-state index contributed by atoms with van der Waals surface area (Å²) in [7, 11) is 0. The molecule has 0 aromatic carbocycles. The first kappa shape index (κ1) is 10.3. The third-order valence-electron chi connectivity index (χ3n) is 1.62. The van der Waals surface area contributed by atoms with E-state index in [-0.39, 0.29) is 12.4 Å². The molecule has 1 heterocycles. The number of ketones is 1. The van der Waals surface area contributed by atoms with Crippen molar-refractivity contribution >= 4 is 17.1 Å². The maximum atomic E-state index is 10.5. The highest BCUT2D eigenvalue weighted by atomic mass is 32.1. The van der Waals surface area contributed by atoms with E-state index in [9.17, 15) is 4.79 Å². The number of carbonyl (C=O) groups is 1. The van der Waals surface area contributed by atoms with E-state index in [1.165, 1.54) is 11.8 Å². The summed E-state index contributed by atoms with van der Waals surface area (Å²) < 4.78 is 5.15. The van der Waals surface area contributed by atoms with Gasteiger partial charge in [0.1, 0.15) is 6.61 Å². The minimum Gasteiger partial charge on any atom is -0.373 e. The van der Waals surface area contributed by atoms with Crippen LogP contribution in [0.15, 0.2) is 5.51 Å². The second kappa shape index (κ2) is 5.09. The van der Waals surface area contributed by atoms with Crippen LogP contribution in [0.1, 0.15) is 17.5 Å². The summed E-state index contributed by atoms with van der Waals surface area (Å²) >= 11 is 1.63. The molecule has 1 aromatic heterocycles. The quantitative estimate of drug-likeness (QED) is 0.676. The Labute approximate surface area is 81.8 Å². The molecule has 0 bridgehead atoms. The van der Waals surface area contributed by atoms with Gasteiger partial charge in [-0.3, -0.25) is 4.79 Å². The Morgan fingerprint density at radius 2 is 2.46 bits per heavy atom. The van der Waals surface area contributed by atoms with Crippen molar-refractivity contribution in [3.05, 3.63) is 16.1 Å². The molecule has 0 saturated heterocycles. The van der Waals surface area contributed by atoms with Gasteiger partial charge in [0.2, 0.25) is 0 Å². The molecule has 0 aliphatic carbocycles. The molecule has 0 saturated carbocycles. The Hall–Kier alpha value is -0.740. The molecule has 0 unspecified atom stereocenters. The van der Waals surface area contributed by atoms with Crippen molar-refractivity contribution in [2.75, 3.05) is 13.2 Å². The molecule has 0 N–H and O–H groups in total. The Morgan fingerprint density at radius 1 is 1.69 bits per heavy atom. The lowest BCUT2D eigenvalue weighted by Gasteiger charge is -1.99. The fourth-order valence-electron chi connectivity index (χ4n) is 0.947. The van der Waals surface area contributed by atoms with E-state index in [2.05, 4.69) is 4.98 Å². The number of Topliss-reactive ketones (excluding diaryl/α,β-unsaturated/α-hetero) is 1. The summed E-state index contributed by atoms with van der Waals surface area (Å²) in [5.74, 6) is 0.0704. The van der Waals surface area contributed by atoms with Crippen LogP contribution in [-0.4, -0.2) is 24.0 Å².